The van der Waals surface area contributed by atoms with Crippen molar-refractivity contribution in [2.75, 3.05) is 31.6 Å². The molecule has 1 atom stereocenters. The van der Waals surface area contributed by atoms with Crippen LogP contribution >= 0.6 is 0 Å². The van der Waals surface area contributed by atoms with Crippen LogP contribution in [0.15, 0.2) is 48.5 Å². The Morgan fingerprint density at radius 3 is 2.68 bits per heavy atom. The smallest absolute Gasteiger partial charge is 0.159 e. The highest BCUT2D eigenvalue weighted by atomic mass is 16.5. The fourth-order valence-electron chi connectivity index (χ4n) is 3.46. The van der Waals surface area contributed by atoms with Crippen molar-refractivity contribution in [1.29, 1.82) is 0 Å². The molecule has 0 N–H and O–H groups in total. The molecule has 0 saturated carbocycles. The Morgan fingerprint density at radius 2 is 1.96 bits per heavy atom. The third-order valence-electron chi connectivity index (χ3n) is 4.91. The van der Waals surface area contributed by atoms with Crippen LogP contribution in [0.1, 0.15) is 29.8 Å². The summed E-state index contributed by atoms with van der Waals surface area (Å²) in [5.74, 6) is 1.05. The first kappa shape index (κ1) is 17.5. The molecule has 0 bridgehead atoms. The predicted molar refractivity (Wildman–Crippen MR) is 102 cm³/mol. The molecule has 1 fully saturated rings. The maximum atomic E-state index is 11.6. The van der Waals surface area contributed by atoms with Crippen LogP contribution in [0, 0.1) is 0 Å². The van der Waals surface area contributed by atoms with Crippen LogP contribution in [0.2, 0.25) is 0 Å². The van der Waals surface area contributed by atoms with Crippen LogP contribution < -0.4 is 9.64 Å². The summed E-state index contributed by atoms with van der Waals surface area (Å²) in [5, 5.41) is 0. The quantitative estimate of drug-likeness (QED) is 0.780. The van der Waals surface area contributed by atoms with Crippen molar-refractivity contribution in [1.82, 2.24) is 4.90 Å². The number of nitrogens with zero attached hydrogens (tertiary/aromatic N) is 2. The number of rotatable bonds is 5. The summed E-state index contributed by atoms with van der Waals surface area (Å²) in [4.78, 5) is 16.5. The third kappa shape index (κ3) is 4.02. The number of carbonyl (C=O) groups is 1. The highest BCUT2D eigenvalue weighted by molar-refractivity contribution is 5.94. The molecule has 4 nitrogen and oxygen atoms in total. The lowest BCUT2D eigenvalue weighted by molar-refractivity contribution is 0.101. The molecule has 1 aliphatic rings. The molecule has 1 aliphatic heterocycles. The number of hydrogen-bond donors (Lipinski definition) is 0. The zero-order valence-electron chi connectivity index (χ0n) is 15.2. The number of para-hydroxylation sites is 2. The van der Waals surface area contributed by atoms with Crippen molar-refractivity contribution in [3.63, 3.8) is 0 Å². The van der Waals surface area contributed by atoms with E-state index in [1.807, 2.05) is 30.3 Å². The minimum Gasteiger partial charge on any atom is -0.495 e. The summed E-state index contributed by atoms with van der Waals surface area (Å²) in [6, 6.07) is 16.6. The molecular weight excluding hydrogens is 312 g/mol. The van der Waals surface area contributed by atoms with Gasteiger partial charge in [-0.15, -0.1) is 0 Å². The molecule has 0 radical (unpaired) electrons. The Labute approximate surface area is 150 Å². The molecule has 1 heterocycles. The van der Waals surface area contributed by atoms with Crippen LogP contribution in [-0.2, 0) is 6.54 Å². The maximum Gasteiger partial charge on any atom is 0.159 e. The van der Waals surface area contributed by atoms with E-state index in [1.165, 1.54) is 5.56 Å². The number of piperazine rings is 1. The highest BCUT2D eigenvalue weighted by Gasteiger charge is 2.25. The zero-order valence-corrected chi connectivity index (χ0v) is 15.2. The number of methoxy groups -OCH3 is 1. The normalized spacial score (nSPS) is 18.2. The van der Waals surface area contributed by atoms with E-state index in [0.29, 0.717) is 6.04 Å². The van der Waals surface area contributed by atoms with Gasteiger partial charge in [0, 0.05) is 37.8 Å². The summed E-state index contributed by atoms with van der Waals surface area (Å²) in [5.41, 5.74) is 3.15. The molecule has 0 aliphatic carbocycles. The lowest BCUT2D eigenvalue weighted by Crippen LogP contribution is -2.51. The Morgan fingerprint density at radius 1 is 1.16 bits per heavy atom. The van der Waals surface area contributed by atoms with Gasteiger partial charge in [0.05, 0.1) is 12.8 Å². The van der Waals surface area contributed by atoms with E-state index in [9.17, 15) is 4.79 Å². The van der Waals surface area contributed by atoms with Gasteiger partial charge in [-0.05, 0) is 37.6 Å². The van der Waals surface area contributed by atoms with Crippen LogP contribution in [0.3, 0.4) is 0 Å². The summed E-state index contributed by atoms with van der Waals surface area (Å²) in [6.45, 7) is 7.68. The molecular formula is C21H26N2O2. The van der Waals surface area contributed by atoms with Crippen molar-refractivity contribution in [2.45, 2.75) is 26.4 Å². The Hall–Kier alpha value is -2.33. The third-order valence-corrected chi connectivity index (χ3v) is 4.91. The van der Waals surface area contributed by atoms with E-state index in [2.05, 4.69) is 34.9 Å². The van der Waals surface area contributed by atoms with E-state index in [0.717, 1.165) is 43.2 Å². The molecule has 25 heavy (non-hydrogen) atoms. The largest absolute Gasteiger partial charge is 0.495 e. The first-order valence-electron chi connectivity index (χ1n) is 8.80. The summed E-state index contributed by atoms with van der Waals surface area (Å²) >= 11 is 0. The number of Topliss-reactive ketones (excluding diaryl/α,β-unsaturated/α-hetero) is 1. The van der Waals surface area contributed by atoms with E-state index in [1.54, 1.807) is 14.0 Å². The molecule has 0 spiro atoms. The van der Waals surface area contributed by atoms with Gasteiger partial charge in [0.25, 0.3) is 0 Å². The second kappa shape index (κ2) is 7.70. The molecule has 0 amide bonds. The predicted octanol–water partition coefficient (Wildman–Crippen LogP) is 3.61. The van der Waals surface area contributed by atoms with Gasteiger partial charge in [-0.3, -0.25) is 9.69 Å². The van der Waals surface area contributed by atoms with Crippen LogP contribution in [0.4, 0.5) is 5.69 Å². The van der Waals surface area contributed by atoms with Crippen molar-refractivity contribution < 1.29 is 9.53 Å². The number of hydrogen-bond acceptors (Lipinski definition) is 4. The fraction of sp³-hybridized carbons (Fsp3) is 0.381. The van der Waals surface area contributed by atoms with Gasteiger partial charge >= 0.3 is 0 Å². The van der Waals surface area contributed by atoms with Crippen molar-refractivity contribution in [2.24, 2.45) is 0 Å². The van der Waals surface area contributed by atoms with Gasteiger partial charge in [-0.1, -0.05) is 30.3 Å². The van der Waals surface area contributed by atoms with Crippen LogP contribution in [0.5, 0.6) is 5.75 Å². The average molecular weight is 338 g/mol. The van der Waals surface area contributed by atoms with Gasteiger partial charge < -0.3 is 9.64 Å². The first-order valence-corrected chi connectivity index (χ1v) is 8.80. The van der Waals surface area contributed by atoms with Crippen molar-refractivity contribution in [3.05, 3.63) is 59.7 Å². The number of ether oxygens (including phenoxy) is 1. The standard InChI is InChI=1S/C21H26N2O2/c1-16-14-23(20-9-4-5-10-21(20)25-3)12-11-22(16)15-18-7-6-8-19(13-18)17(2)24/h4-10,13,16H,11-12,14-15H2,1-3H3/t16-/m0/s1. The van der Waals surface area contributed by atoms with Crippen molar-refractivity contribution >= 4 is 11.5 Å². The fourth-order valence-corrected chi connectivity index (χ4v) is 3.46. The second-order valence-electron chi connectivity index (χ2n) is 6.69. The molecule has 3 rings (SSSR count). The molecule has 1 saturated heterocycles. The minimum absolute atomic E-state index is 0.121. The monoisotopic (exact) mass is 338 g/mol. The zero-order chi connectivity index (χ0) is 17.8. The van der Waals surface area contributed by atoms with Gasteiger partial charge in [-0.25, -0.2) is 0 Å². The number of ketones is 1. The number of benzene rings is 2. The number of carbonyl (C=O) groups excluding carboxylic acids is 1. The van der Waals surface area contributed by atoms with Crippen LogP contribution in [-0.4, -0.2) is 43.5 Å². The Bertz CT molecular complexity index is 744. The topological polar surface area (TPSA) is 32.8 Å². The summed E-state index contributed by atoms with van der Waals surface area (Å²) in [7, 11) is 1.72. The van der Waals surface area contributed by atoms with Gasteiger partial charge in [0.2, 0.25) is 0 Å². The molecule has 2 aromatic carbocycles. The summed E-state index contributed by atoms with van der Waals surface area (Å²) in [6.07, 6.45) is 0. The Kier molecular flexibility index (Phi) is 5.39. The maximum absolute atomic E-state index is 11.6. The van der Waals surface area contributed by atoms with Gasteiger partial charge in [0.15, 0.2) is 5.78 Å². The van der Waals surface area contributed by atoms with Crippen LogP contribution in [0.25, 0.3) is 0 Å². The average Bonchev–Trinajstić information content (AvgIpc) is 2.63. The lowest BCUT2D eigenvalue weighted by Gasteiger charge is -2.41. The summed E-state index contributed by atoms with van der Waals surface area (Å²) < 4.78 is 5.50. The van der Waals surface area contributed by atoms with E-state index in [-0.39, 0.29) is 5.78 Å². The van der Waals surface area contributed by atoms with E-state index in [4.69, 9.17) is 4.74 Å². The minimum atomic E-state index is 0.121. The van der Waals surface area contributed by atoms with Gasteiger partial charge in [0.1, 0.15) is 5.75 Å². The van der Waals surface area contributed by atoms with Crippen molar-refractivity contribution in [3.8, 4) is 5.75 Å². The molecule has 0 aromatic heterocycles. The molecule has 2 aromatic rings. The molecule has 0 unspecified atom stereocenters. The lowest BCUT2D eigenvalue weighted by atomic mass is 10.1. The highest BCUT2D eigenvalue weighted by Crippen LogP contribution is 2.29. The van der Waals surface area contributed by atoms with Gasteiger partial charge in [-0.2, -0.15) is 0 Å². The van der Waals surface area contributed by atoms with E-state index < -0.39 is 0 Å². The second-order valence-corrected chi connectivity index (χ2v) is 6.69. The first-order chi connectivity index (χ1) is 12.1. The number of anilines is 1. The SMILES string of the molecule is COc1ccccc1N1CCN(Cc2cccc(C(C)=O)c2)[C@@H](C)C1. The van der Waals surface area contributed by atoms with E-state index >= 15 is 0 Å². The Balaban J connectivity index is 1.68. The molecule has 132 valence electrons. The molecule has 4 heteroatoms.